The highest BCUT2D eigenvalue weighted by atomic mass is 19.1. The zero-order chi connectivity index (χ0) is 13.2. The van der Waals surface area contributed by atoms with Crippen molar-refractivity contribution in [1.29, 1.82) is 0 Å². The van der Waals surface area contributed by atoms with Crippen molar-refractivity contribution in [2.75, 3.05) is 14.1 Å². The van der Waals surface area contributed by atoms with Crippen molar-refractivity contribution in [2.24, 2.45) is 0 Å². The Bertz CT molecular complexity index is 432. The summed E-state index contributed by atoms with van der Waals surface area (Å²) in [5.74, 6) is 0.167. The van der Waals surface area contributed by atoms with Gasteiger partial charge in [0.15, 0.2) is 0 Å². The van der Waals surface area contributed by atoms with Crippen LogP contribution in [0.2, 0.25) is 0 Å². The smallest absolute Gasteiger partial charge is 0.133 e. The van der Waals surface area contributed by atoms with Crippen molar-refractivity contribution in [1.82, 2.24) is 4.90 Å². The van der Waals surface area contributed by atoms with E-state index in [1.54, 1.807) is 12.1 Å². The number of benzene rings is 1. The molecule has 1 saturated carbocycles. The number of halogens is 1. The largest absolute Gasteiger partial charge is 0.303 e. The molecule has 0 saturated heterocycles. The third kappa shape index (κ3) is 2.78. The van der Waals surface area contributed by atoms with Crippen molar-refractivity contribution in [3.63, 3.8) is 0 Å². The highest BCUT2D eigenvalue weighted by molar-refractivity contribution is 5.79. The Labute approximate surface area is 108 Å². The van der Waals surface area contributed by atoms with Crippen molar-refractivity contribution in [3.05, 3.63) is 35.6 Å². The Morgan fingerprint density at radius 2 is 1.94 bits per heavy atom. The highest BCUT2D eigenvalue weighted by Crippen LogP contribution is 2.33. The molecule has 0 unspecified atom stereocenters. The first kappa shape index (κ1) is 13.2. The molecule has 0 spiro atoms. The quantitative estimate of drug-likeness (QED) is 0.821. The van der Waals surface area contributed by atoms with Crippen LogP contribution in [-0.4, -0.2) is 30.3 Å². The fourth-order valence-corrected chi connectivity index (χ4v) is 2.80. The van der Waals surface area contributed by atoms with Crippen LogP contribution in [0, 0.1) is 5.82 Å². The summed E-state index contributed by atoms with van der Waals surface area (Å²) >= 11 is 0. The molecular formula is C15H20FNO. The second-order valence-electron chi connectivity index (χ2n) is 5.46. The molecule has 1 fully saturated rings. The molecule has 0 N–H and O–H groups in total. The normalized spacial score (nSPS) is 19.2. The predicted molar refractivity (Wildman–Crippen MR) is 70.0 cm³/mol. The lowest BCUT2D eigenvalue weighted by Crippen LogP contribution is -2.48. The topological polar surface area (TPSA) is 20.3 Å². The summed E-state index contributed by atoms with van der Waals surface area (Å²) in [7, 11) is 4.10. The molecule has 0 aromatic heterocycles. The van der Waals surface area contributed by atoms with Gasteiger partial charge < -0.3 is 4.90 Å². The molecule has 0 amide bonds. The first-order chi connectivity index (χ1) is 8.52. The van der Waals surface area contributed by atoms with E-state index >= 15 is 0 Å². The number of nitrogens with zero attached hydrogens (tertiary/aromatic N) is 1. The second kappa shape index (κ2) is 5.19. The zero-order valence-corrected chi connectivity index (χ0v) is 11.1. The molecule has 1 aromatic carbocycles. The number of carbonyl (C=O) groups excluding carboxylic acids is 1. The third-order valence-electron chi connectivity index (χ3n) is 4.11. The maximum Gasteiger partial charge on any atom is 0.133 e. The predicted octanol–water partition coefficient (Wildman–Crippen LogP) is 2.81. The van der Waals surface area contributed by atoms with Crippen LogP contribution in [0.15, 0.2) is 24.3 Å². The van der Waals surface area contributed by atoms with Gasteiger partial charge in [0.25, 0.3) is 0 Å². The molecule has 0 radical (unpaired) electrons. The van der Waals surface area contributed by atoms with Crippen molar-refractivity contribution in [3.8, 4) is 0 Å². The minimum atomic E-state index is -0.187. The van der Waals surface area contributed by atoms with E-state index < -0.39 is 0 Å². The molecule has 98 valence electrons. The Hall–Kier alpha value is -1.22. The minimum Gasteiger partial charge on any atom is -0.303 e. The molecule has 0 bridgehead atoms. The number of hydrogen-bond acceptors (Lipinski definition) is 2. The summed E-state index contributed by atoms with van der Waals surface area (Å²) in [6, 6.07) is 6.78. The van der Waals surface area contributed by atoms with Gasteiger partial charge in [0.1, 0.15) is 11.6 Å². The molecule has 2 rings (SSSR count). The van der Waals surface area contributed by atoms with Gasteiger partial charge in [-0.2, -0.15) is 0 Å². The van der Waals surface area contributed by atoms with E-state index in [1.165, 1.54) is 6.07 Å². The SMILES string of the molecule is CN(C)C1(Cc2cccc(F)c2)CCC(=O)CC1. The standard InChI is InChI=1S/C15H20FNO/c1-17(2)15(8-6-14(18)7-9-15)11-12-4-3-5-13(16)10-12/h3-5,10H,6-9,11H2,1-2H3. The van der Waals surface area contributed by atoms with Crippen LogP contribution in [0.3, 0.4) is 0 Å². The number of rotatable bonds is 3. The Kier molecular flexibility index (Phi) is 3.81. The first-order valence-corrected chi connectivity index (χ1v) is 6.45. The van der Waals surface area contributed by atoms with Gasteiger partial charge in [0.2, 0.25) is 0 Å². The number of Topliss-reactive ketones (excluding diaryl/α,β-unsaturated/α-hetero) is 1. The van der Waals surface area contributed by atoms with Crippen molar-refractivity contribution >= 4 is 5.78 Å². The van der Waals surface area contributed by atoms with Gasteiger partial charge in [-0.15, -0.1) is 0 Å². The van der Waals surface area contributed by atoms with E-state index in [2.05, 4.69) is 19.0 Å². The fourth-order valence-electron chi connectivity index (χ4n) is 2.80. The Morgan fingerprint density at radius 3 is 2.50 bits per heavy atom. The molecule has 0 heterocycles. The molecule has 18 heavy (non-hydrogen) atoms. The number of carbonyl (C=O) groups is 1. The monoisotopic (exact) mass is 249 g/mol. The van der Waals surface area contributed by atoms with Gasteiger partial charge in [-0.05, 0) is 51.1 Å². The summed E-state index contributed by atoms with van der Waals surface area (Å²) in [6.45, 7) is 0. The molecule has 0 atom stereocenters. The lowest BCUT2D eigenvalue weighted by molar-refractivity contribution is -0.122. The molecule has 1 aliphatic rings. The van der Waals surface area contributed by atoms with Crippen LogP contribution in [0.4, 0.5) is 4.39 Å². The Balaban J connectivity index is 2.19. The summed E-state index contributed by atoms with van der Waals surface area (Å²) in [4.78, 5) is 13.6. The van der Waals surface area contributed by atoms with Crippen LogP contribution in [0.5, 0.6) is 0 Å². The minimum absolute atomic E-state index is 0.00169. The van der Waals surface area contributed by atoms with Gasteiger partial charge in [0, 0.05) is 18.4 Å². The maximum absolute atomic E-state index is 13.2. The molecule has 2 nitrogen and oxygen atoms in total. The highest BCUT2D eigenvalue weighted by Gasteiger charge is 2.36. The van der Waals surface area contributed by atoms with E-state index in [1.807, 2.05) is 6.07 Å². The average molecular weight is 249 g/mol. The van der Waals surface area contributed by atoms with E-state index in [0.29, 0.717) is 18.6 Å². The van der Waals surface area contributed by atoms with Crippen LogP contribution < -0.4 is 0 Å². The molecule has 0 aliphatic heterocycles. The second-order valence-corrected chi connectivity index (χ2v) is 5.46. The molecule has 1 aliphatic carbocycles. The maximum atomic E-state index is 13.2. The van der Waals surface area contributed by atoms with Gasteiger partial charge in [-0.1, -0.05) is 12.1 Å². The number of ketones is 1. The van der Waals surface area contributed by atoms with Crippen LogP contribution in [-0.2, 0) is 11.2 Å². The molecular weight excluding hydrogens is 229 g/mol. The molecule has 1 aromatic rings. The fraction of sp³-hybridized carbons (Fsp3) is 0.533. The van der Waals surface area contributed by atoms with Crippen molar-refractivity contribution in [2.45, 2.75) is 37.6 Å². The summed E-state index contributed by atoms with van der Waals surface area (Å²) in [6.07, 6.45) is 3.84. The van der Waals surface area contributed by atoms with Crippen LogP contribution in [0.25, 0.3) is 0 Å². The summed E-state index contributed by atoms with van der Waals surface area (Å²) in [5, 5.41) is 0. The van der Waals surface area contributed by atoms with Crippen LogP contribution in [0.1, 0.15) is 31.2 Å². The number of likely N-dealkylation sites (N-methyl/N-ethyl adjacent to an activating group) is 1. The lowest BCUT2D eigenvalue weighted by Gasteiger charge is -2.43. The van der Waals surface area contributed by atoms with Crippen molar-refractivity contribution < 1.29 is 9.18 Å². The zero-order valence-electron chi connectivity index (χ0n) is 11.1. The molecule has 3 heteroatoms. The van der Waals surface area contributed by atoms with E-state index in [0.717, 1.165) is 24.8 Å². The van der Waals surface area contributed by atoms with E-state index in [-0.39, 0.29) is 11.4 Å². The van der Waals surface area contributed by atoms with Gasteiger partial charge >= 0.3 is 0 Å². The third-order valence-corrected chi connectivity index (χ3v) is 4.11. The van der Waals surface area contributed by atoms with Gasteiger partial charge in [0.05, 0.1) is 0 Å². The van der Waals surface area contributed by atoms with E-state index in [9.17, 15) is 9.18 Å². The van der Waals surface area contributed by atoms with Gasteiger partial charge in [-0.3, -0.25) is 4.79 Å². The number of hydrogen-bond donors (Lipinski definition) is 0. The lowest BCUT2D eigenvalue weighted by atomic mass is 9.76. The average Bonchev–Trinajstić information content (AvgIpc) is 2.32. The Morgan fingerprint density at radius 1 is 1.28 bits per heavy atom. The summed E-state index contributed by atoms with van der Waals surface area (Å²) < 4.78 is 13.2. The summed E-state index contributed by atoms with van der Waals surface area (Å²) in [5.41, 5.74) is 1.01. The van der Waals surface area contributed by atoms with Crippen LogP contribution >= 0.6 is 0 Å². The van der Waals surface area contributed by atoms with E-state index in [4.69, 9.17) is 0 Å². The first-order valence-electron chi connectivity index (χ1n) is 6.45. The van der Waals surface area contributed by atoms with Gasteiger partial charge in [-0.25, -0.2) is 4.39 Å².